The van der Waals surface area contributed by atoms with Crippen molar-refractivity contribution in [3.8, 4) is 0 Å². The standard InChI is InChI=1S/C15H17Cl2NO3/c1-4-20-14(19)15(2,3)13-8-12(18-21-13)9-5-6-10(16)11(17)7-9/h5-7,13H,4,8H2,1-3H3. The van der Waals surface area contributed by atoms with Crippen LogP contribution in [0.4, 0.5) is 0 Å². The number of benzene rings is 1. The summed E-state index contributed by atoms with van der Waals surface area (Å²) in [5, 5.41) is 5.03. The van der Waals surface area contributed by atoms with Crippen molar-refractivity contribution in [1.82, 2.24) is 0 Å². The van der Waals surface area contributed by atoms with Crippen molar-refractivity contribution >= 4 is 34.9 Å². The summed E-state index contributed by atoms with van der Waals surface area (Å²) in [6.45, 7) is 5.71. The van der Waals surface area contributed by atoms with E-state index >= 15 is 0 Å². The summed E-state index contributed by atoms with van der Waals surface area (Å²) >= 11 is 11.9. The van der Waals surface area contributed by atoms with Crippen LogP contribution in [0.1, 0.15) is 32.8 Å². The summed E-state index contributed by atoms with van der Waals surface area (Å²) < 4.78 is 5.09. The highest BCUT2D eigenvalue weighted by atomic mass is 35.5. The summed E-state index contributed by atoms with van der Waals surface area (Å²) in [6.07, 6.45) is 0.157. The molecule has 0 saturated carbocycles. The molecule has 0 fully saturated rings. The molecule has 0 amide bonds. The lowest BCUT2D eigenvalue weighted by atomic mass is 9.83. The maximum Gasteiger partial charge on any atom is 0.315 e. The van der Waals surface area contributed by atoms with Gasteiger partial charge in [0.15, 0.2) is 0 Å². The fourth-order valence-corrected chi connectivity index (χ4v) is 2.36. The van der Waals surface area contributed by atoms with E-state index in [0.29, 0.717) is 23.1 Å². The van der Waals surface area contributed by atoms with E-state index < -0.39 is 5.41 Å². The van der Waals surface area contributed by atoms with Crippen molar-refractivity contribution in [2.24, 2.45) is 10.6 Å². The summed E-state index contributed by atoms with van der Waals surface area (Å²) in [7, 11) is 0. The average Bonchev–Trinajstić information content (AvgIpc) is 2.92. The molecule has 0 N–H and O–H groups in total. The molecule has 0 aliphatic carbocycles. The van der Waals surface area contributed by atoms with Gasteiger partial charge in [-0.05, 0) is 32.9 Å². The molecule has 0 radical (unpaired) electrons. The highest BCUT2D eigenvalue weighted by Crippen LogP contribution is 2.33. The first-order chi connectivity index (χ1) is 9.86. The minimum atomic E-state index is -0.766. The van der Waals surface area contributed by atoms with Crippen molar-refractivity contribution < 1.29 is 14.4 Å². The van der Waals surface area contributed by atoms with Gasteiger partial charge in [0.2, 0.25) is 0 Å². The number of ether oxygens (including phenoxy) is 1. The molecule has 1 aromatic carbocycles. The molecule has 1 atom stereocenters. The summed E-state index contributed by atoms with van der Waals surface area (Å²) in [5.74, 6) is -0.291. The Hall–Kier alpha value is -1.26. The fourth-order valence-electron chi connectivity index (χ4n) is 2.06. The monoisotopic (exact) mass is 329 g/mol. The van der Waals surface area contributed by atoms with Gasteiger partial charge in [-0.3, -0.25) is 4.79 Å². The number of halogens is 2. The van der Waals surface area contributed by atoms with Crippen LogP contribution in [0, 0.1) is 5.41 Å². The Morgan fingerprint density at radius 1 is 1.43 bits per heavy atom. The van der Waals surface area contributed by atoms with Gasteiger partial charge in [-0.25, -0.2) is 0 Å². The first-order valence-electron chi connectivity index (χ1n) is 6.71. The van der Waals surface area contributed by atoms with Crippen LogP contribution < -0.4 is 0 Å². The number of carbonyl (C=O) groups is 1. The third-order valence-corrected chi connectivity index (χ3v) is 4.27. The molecule has 0 aromatic heterocycles. The van der Waals surface area contributed by atoms with Crippen molar-refractivity contribution in [3.63, 3.8) is 0 Å². The fraction of sp³-hybridized carbons (Fsp3) is 0.467. The zero-order valence-corrected chi connectivity index (χ0v) is 13.7. The molecule has 1 aromatic rings. The summed E-state index contributed by atoms with van der Waals surface area (Å²) in [4.78, 5) is 17.4. The molecule has 1 heterocycles. The van der Waals surface area contributed by atoms with Gasteiger partial charge in [0.1, 0.15) is 11.5 Å². The number of carbonyl (C=O) groups excluding carboxylic acids is 1. The SMILES string of the molecule is CCOC(=O)C(C)(C)C1CC(c2ccc(Cl)c(Cl)c2)=NO1. The smallest absolute Gasteiger partial charge is 0.315 e. The second-order valence-electron chi connectivity index (χ2n) is 5.41. The lowest BCUT2D eigenvalue weighted by Crippen LogP contribution is -2.38. The Bertz CT molecular complexity index is 584. The molecule has 0 bridgehead atoms. The quantitative estimate of drug-likeness (QED) is 0.782. The Balaban J connectivity index is 2.12. The average molecular weight is 330 g/mol. The minimum Gasteiger partial charge on any atom is -0.465 e. The third-order valence-electron chi connectivity index (χ3n) is 3.53. The molecule has 1 unspecified atom stereocenters. The molecular formula is C15H17Cl2NO3. The van der Waals surface area contributed by atoms with Gasteiger partial charge in [0.25, 0.3) is 0 Å². The van der Waals surface area contributed by atoms with Crippen LogP contribution in [0.2, 0.25) is 10.0 Å². The second kappa shape index (κ2) is 6.24. The summed E-state index contributed by atoms with van der Waals surface area (Å²) in [6, 6.07) is 5.29. The Labute approximate surface area is 134 Å². The van der Waals surface area contributed by atoms with Crippen LogP contribution in [0.15, 0.2) is 23.4 Å². The Morgan fingerprint density at radius 2 is 2.14 bits per heavy atom. The number of oxime groups is 1. The number of rotatable bonds is 4. The normalized spacial score (nSPS) is 18.1. The second-order valence-corrected chi connectivity index (χ2v) is 6.22. The number of hydrogen-bond acceptors (Lipinski definition) is 4. The Morgan fingerprint density at radius 3 is 2.76 bits per heavy atom. The molecule has 4 nitrogen and oxygen atoms in total. The highest BCUT2D eigenvalue weighted by molar-refractivity contribution is 6.42. The first kappa shape index (κ1) is 16.1. The van der Waals surface area contributed by atoms with Gasteiger partial charge in [-0.1, -0.05) is 34.4 Å². The predicted octanol–water partition coefficient (Wildman–Crippen LogP) is 4.08. The van der Waals surface area contributed by atoms with Crippen LogP contribution in [-0.2, 0) is 14.4 Å². The molecule has 1 aliphatic rings. The van der Waals surface area contributed by atoms with Gasteiger partial charge < -0.3 is 9.57 Å². The van der Waals surface area contributed by atoms with Crippen molar-refractivity contribution in [2.45, 2.75) is 33.3 Å². The summed E-state index contributed by atoms with van der Waals surface area (Å²) in [5.41, 5.74) is 0.819. The van der Waals surface area contributed by atoms with Crippen molar-refractivity contribution in [3.05, 3.63) is 33.8 Å². The zero-order chi connectivity index (χ0) is 15.6. The van der Waals surface area contributed by atoms with Crippen LogP contribution >= 0.6 is 23.2 Å². The number of nitrogens with zero attached hydrogens (tertiary/aromatic N) is 1. The minimum absolute atomic E-state index is 0.291. The van der Waals surface area contributed by atoms with Crippen LogP contribution in [0.3, 0.4) is 0 Å². The lowest BCUT2D eigenvalue weighted by molar-refractivity contribution is -0.161. The van der Waals surface area contributed by atoms with E-state index in [1.54, 1.807) is 32.9 Å². The van der Waals surface area contributed by atoms with Crippen molar-refractivity contribution in [2.75, 3.05) is 6.61 Å². The molecule has 1 aliphatic heterocycles. The van der Waals surface area contributed by atoms with Crippen LogP contribution in [0.25, 0.3) is 0 Å². The van der Waals surface area contributed by atoms with E-state index in [-0.39, 0.29) is 12.1 Å². The number of esters is 1. The largest absolute Gasteiger partial charge is 0.465 e. The molecule has 2 rings (SSSR count). The van der Waals surface area contributed by atoms with E-state index in [2.05, 4.69) is 5.16 Å². The van der Waals surface area contributed by atoms with E-state index in [1.807, 2.05) is 6.07 Å². The third kappa shape index (κ3) is 3.33. The van der Waals surface area contributed by atoms with E-state index in [0.717, 1.165) is 11.3 Å². The zero-order valence-electron chi connectivity index (χ0n) is 12.2. The van der Waals surface area contributed by atoms with E-state index in [9.17, 15) is 4.79 Å². The number of hydrogen-bond donors (Lipinski definition) is 0. The van der Waals surface area contributed by atoms with Gasteiger partial charge in [0, 0.05) is 12.0 Å². The van der Waals surface area contributed by atoms with Crippen molar-refractivity contribution in [1.29, 1.82) is 0 Å². The van der Waals surface area contributed by atoms with Crippen LogP contribution in [0.5, 0.6) is 0 Å². The maximum atomic E-state index is 12.0. The maximum absolute atomic E-state index is 12.0. The first-order valence-corrected chi connectivity index (χ1v) is 7.47. The predicted molar refractivity (Wildman–Crippen MR) is 82.9 cm³/mol. The van der Waals surface area contributed by atoms with Gasteiger partial charge >= 0.3 is 5.97 Å². The highest BCUT2D eigenvalue weighted by Gasteiger charge is 2.43. The lowest BCUT2D eigenvalue weighted by Gasteiger charge is -2.26. The van der Waals surface area contributed by atoms with E-state index in [4.69, 9.17) is 32.8 Å². The van der Waals surface area contributed by atoms with Gasteiger partial charge in [-0.15, -0.1) is 0 Å². The molecule has 114 valence electrons. The van der Waals surface area contributed by atoms with Crippen LogP contribution in [-0.4, -0.2) is 24.4 Å². The molecule has 21 heavy (non-hydrogen) atoms. The molecule has 6 heteroatoms. The Kier molecular flexibility index (Phi) is 4.79. The van der Waals surface area contributed by atoms with Gasteiger partial charge in [0.05, 0.1) is 22.4 Å². The molecule has 0 spiro atoms. The topological polar surface area (TPSA) is 47.9 Å². The molecule has 0 saturated heterocycles. The van der Waals surface area contributed by atoms with E-state index in [1.165, 1.54) is 0 Å². The van der Waals surface area contributed by atoms with Gasteiger partial charge in [-0.2, -0.15) is 0 Å². The molecular weight excluding hydrogens is 313 g/mol.